The Labute approximate surface area is 191 Å². The highest BCUT2D eigenvalue weighted by atomic mass is 16.6. The fourth-order valence-electron chi connectivity index (χ4n) is 6.46. The second kappa shape index (κ2) is 8.99. The van der Waals surface area contributed by atoms with Crippen molar-refractivity contribution in [1.82, 2.24) is 0 Å². The molecule has 1 N–H and O–H groups in total. The molecule has 2 bridgehead atoms. The van der Waals surface area contributed by atoms with E-state index >= 15 is 0 Å². The third-order valence-corrected chi connectivity index (χ3v) is 8.49. The number of nitrogens with zero attached hydrogens (tertiary/aromatic N) is 1. The van der Waals surface area contributed by atoms with E-state index in [1.54, 1.807) is 0 Å². The van der Waals surface area contributed by atoms with E-state index in [0.717, 1.165) is 62.5 Å². The van der Waals surface area contributed by atoms with Crippen LogP contribution in [0.3, 0.4) is 0 Å². The zero-order chi connectivity index (χ0) is 22.0. The standard InChI is InChI=1S/C28H36NO3/c30-27(28(31,25-13-7-8-14-25)24-11-5-2-6-12-24)32-26-21-29(19-16-23(26)17-20-29)18-15-22-9-3-1-4-10-22/h1-6,9-12,23,25-26,31H,7-8,13-21H2/q+1/t23?,26-,28+,29?/m0/s1. The van der Waals surface area contributed by atoms with Gasteiger partial charge in [0.1, 0.15) is 6.54 Å². The molecule has 4 aliphatic rings. The number of esters is 1. The van der Waals surface area contributed by atoms with Gasteiger partial charge >= 0.3 is 5.97 Å². The molecule has 3 saturated heterocycles. The van der Waals surface area contributed by atoms with Crippen molar-refractivity contribution in [1.29, 1.82) is 0 Å². The van der Waals surface area contributed by atoms with E-state index in [1.165, 1.54) is 18.7 Å². The number of hydrogen-bond acceptors (Lipinski definition) is 3. The summed E-state index contributed by atoms with van der Waals surface area (Å²) in [6.07, 6.45) is 7.09. The Balaban J connectivity index is 1.31. The van der Waals surface area contributed by atoms with E-state index < -0.39 is 11.6 Å². The van der Waals surface area contributed by atoms with E-state index in [2.05, 4.69) is 30.3 Å². The lowest BCUT2D eigenvalue weighted by atomic mass is 9.79. The quantitative estimate of drug-likeness (QED) is 0.517. The predicted molar refractivity (Wildman–Crippen MR) is 125 cm³/mol. The zero-order valence-corrected chi connectivity index (χ0v) is 19.0. The van der Waals surface area contributed by atoms with E-state index in [0.29, 0.717) is 11.5 Å². The summed E-state index contributed by atoms with van der Waals surface area (Å²) in [6.45, 7) is 4.34. The van der Waals surface area contributed by atoms with Gasteiger partial charge in [0.05, 0.1) is 19.6 Å². The highest BCUT2D eigenvalue weighted by molar-refractivity contribution is 5.81. The molecule has 3 aliphatic heterocycles. The molecule has 170 valence electrons. The first-order valence-electron chi connectivity index (χ1n) is 12.5. The molecule has 0 spiro atoms. The Morgan fingerprint density at radius 2 is 1.56 bits per heavy atom. The lowest BCUT2D eigenvalue weighted by Gasteiger charge is -2.52. The molecular weight excluding hydrogens is 398 g/mol. The maximum absolute atomic E-state index is 13.6. The van der Waals surface area contributed by atoms with Crippen molar-refractivity contribution in [3.8, 4) is 0 Å². The summed E-state index contributed by atoms with van der Waals surface area (Å²) >= 11 is 0. The minimum atomic E-state index is -1.53. The number of ether oxygens (including phenoxy) is 1. The van der Waals surface area contributed by atoms with Gasteiger partial charge < -0.3 is 14.3 Å². The first kappa shape index (κ1) is 21.7. The van der Waals surface area contributed by atoms with Crippen molar-refractivity contribution in [2.24, 2.45) is 11.8 Å². The van der Waals surface area contributed by atoms with Crippen molar-refractivity contribution < 1.29 is 19.1 Å². The van der Waals surface area contributed by atoms with E-state index in [9.17, 15) is 9.90 Å². The number of fused-ring (bicyclic) bond motifs is 3. The maximum atomic E-state index is 13.6. The van der Waals surface area contributed by atoms with Crippen molar-refractivity contribution in [2.75, 3.05) is 26.2 Å². The number of piperidine rings is 3. The number of hydrogen-bond donors (Lipinski definition) is 1. The van der Waals surface area contributed by atoms with Gasteiger partial charge in [-0.05, 0) is 24.0 Å². The number of rotatable bonds is 7. The molecule has 2 atom stereocenters. The molecule has 6 rings (SSSR count). The molecule has 3 heterocycles. The summed E-state index contributed by atoms with van der Waals surface area (Å²) in [6, 6.07) is 20.2. The largest absolute Gasteiger partial charge is 0.454 e. The molecule has 2 aromatic rings. The number of carbonyl (C=O) groups excluding carboxylic acids is 1. The van der Waals surface area contributed by atoms with Crippen molar-refractivity contribution in [3.05, 3.63) is 71.8 Å². The Morgan fingerprint density at radius 3 is 2.22 bits per heavy atom. The van der Waals surface area contributed by atoms with Crippen LogP contribution in [0.5, 0.6) is 0 Å². The van der Waals surface area contributed by atoms with Crippen LogP contribution in [0.4, 0.5) is 0 Å². The Morgan fingerprint density at radius 1 is 0.938 bits per heavy atom. The second-order valence-electron chi connectivity index (χ2n) is 10.3. The van der Waals surface area contributed by atoms with Crippen LogP contribution < -0.4 is 0 Å². The molecule has 0 radical (unpaired) electrons. The van der Waals surface area contributed by atoms with Crippen molar-refractivity contribution in [3.63, 3.8) is 0 Å². The molecular formula is C28H36NO3+. The Hall–Kier alpha value is -2.17. The maximum Gasteiger partial charge on any atom is 0.343 e. The average Bonchev–Trinajstić information content (AvgIpc) is 3.40. The van der Waals surface area contributed by atoms with Crippen LogP contribution in [0.15, 0.2) is 60.7 Å². The first-order valence-corrected chi connectivity index (χ1v) is 12.5. The van der Waals surface area contributed by atoms with Crippen molar-refractivity contribution >= 4 is 5.97 Å². The van der Waals surface area contributed by atoms with Crippen LogP contribution in [0, 0.1) is 11.8 Å². The number of benzene rings is 2. The monoisotopic (exact) mass is 434 g/mol. The molecule has 0 aromatic heterocycles. The Kier molecular flexibility index (Phi) is 6.09. The predicted octanol–water partition coefficient (Wildman–Crippen LogP) is 4.46. The molecule has 4 heteroatoms. The number of quaternary nitrogens is 1. The van der Waals surface area contributed by atoms with Gasteiger partial charge in [-0.2, -0.15) is 0 Å². The van der Waals surface area contributed by atoms with Gasteiger partial charge in [0, 0.05) is 31.1 Å². The summed E-state index contributed by atoms with van der Waals surface area (Å²) in [4.78, 5) is 13.6. The highest BCUT2D eigenvalue weighted by Gasteiger charge is 2.52. The van der Waals surface area contributed by atoms with Crippen LogP contribution >= 0.6 is 0 Å². The normalized spacial score (nSPS) is 29.5. The van der Waals surface area contributed by atoms with Gasteiger partial charge in [-0.1, -0.05) is 73.5 Å². The average molecular weight is 435 g/mol. The van der Waals surface area contributed by atoms with Gasteiger partial charge in [0.2, 0.25) is 0 Å². The topological polar surface area (TPSA) is 46.5 Å². The molecule has 1 saturated carbocycles. The molecule has 0 unspecified atom stereocenters. The van der Waals surface area contributed by atoms with Gasteiger partial charge in [-0.25, -0.2) is 4.79 Å². The SMILES string of the molecule is O=C(O[C@H]1C[N+]2(CCc3ccccc3)CCC1CC2)[C@@](O)(c1ccccc1)C1CCCC1. The number of aliphatic hydroxyl groups is 1. The third-order valence-electron chi connectivity index (χ3n) is 8.49. The summed E-state index contributed by atoms with van der Waals surface area (Å²) in [7, 11) is 0. The van der Waals surface area contributed by atoms with E-state index in [-0.39, 0.29) is 12.0 Å². The smallest absolute Gasteiger partial charge is 0.343 e. The molecule has 1 aliphatic carbocycles. The lowest BCUT2D eigenvalue weighted by Crippen LogP contribution is -2.65. The molecule has 4 nitrogen and oxygen atoms in total. The van der Waals surface area contributed by atoms with Gasteiger partial charge in [0.25, 0.3) is 0 Å². The fourth-order valence-corrected chi connectivity index (χ4v) is 6.46. The molecule has 2 aromatic carbocycles. The fraction of sp³-hybridized carbons (Fsp3) is 0.536. The summed E-state index contributed by atoms with van der Waals surface area (Å²) < 4.78 is 7.27. The van der Waals surface area contributed by atoms with Gasteiger partial charge in [-0.15, -0.1) is 0 Å². The van der Waals surface area contributed by atoms with Gasteiger partial charge in [0.15, 0.2) is 11.7 Å². The summed E-state index contributed by atoms with van der Waals surface area (Å²) in [5, 5.41) is 11.8. The van der Waals surface area contributed by atoms with Gasteiger partial charge in [-0.3, -0.25) is 0 Å². The van der Waals surface area contributed by atoms with Crippen LogP contribution in [0.1, 0.15) is 49.7 Å². The highest BCUT2D eigenvalue weighted by Crippen LogP contribution is 2.43. The zero-order valence-electron chi connectivity index (χ0n) is 19.0. The van der Waals surface area contributed by atoms with E-state index in [4.69, 9.17) is 4.74 Å². The van der Waals surface area contributed by atoms with E-state index in [1.807, 2.05) is 30.3 Å². The number of carbonyl (C=O) groups is 1. The third kappa shape index (κ3) is 4.11. The summed E-state index contributed by atoms with van der Waals surface area (Å²) in [5.41, 5.74) is 0.533. The molecule has 4 fully saturated rings. The summed E-state index contributed by atoms with van der Waals surface area (Å²) in [5.74, 6) is -0.0467. The van der Waals surface area contributed by atoms with Crippen LogP contribution in [-0.2, 0) is 21.6 Å². The van der Waals surface area contributed by atoms with Crippen LogP contribution in [-0.4, -0.2) is 47.8 Å². The molecule has 32 heavy (non-hydrogen) atoms. The lowest BCUT2D eigenvalue weighted by molar-refractivity contribution is -0.946. The molecule has 0 amide bonds. The van der Waals surface area contributed by atoms with Crippen molar-refractivity contribution in [2.45, 2.75) is 56.7 Å². The Bertz CT molecular complexity index is 901. The van der Waals surface area contributed by atoms with Crippen LogP contribution in [0.2, 0.25) is 0 Å². The minimum Gasteiger partial charge on any atom is -0.454 e. The first-order chi connectivity index (χ1) is 15.6. The van der Waals surface area contributed by atoms with Crippen LogP contribution in [0.25, 0.3) is 0 Å². The minimum absolute atomic E-state index is 0.0558. The second-order valence-corrected chi connectivity index (χ2v) is 10.3.